The van der Waals surface area contributed by atoms with Crippen LogP contribution < -0.4 is 0 Å². The maximum atomic E-state index is 12.7. The van der Waals surface area contributed by atoms with E-state index in [-0.39, 0.29) is 11.7 Å². The van der Waals surface area contributed by atoms with Gasteiger partial charge in [-0.3, -0.25) is 19.4 Å². The van der Waals surface area contributed by atoms with Gasteiger partial charge in [0, 0.05) is 51.7 Å². The summed E-state index contributed by atoms with van der Waals surface area (Å²) in [6, 6.07) is 7.16. The molecule has 1 aromatic carbocycles. The number of carbonyl (C=O) groups is 2. The first-order valence-electron chi connectivity index (χ1n) is 10.4. The lowest BCUT2D eigenvalue weighted by Crippen LogP contribution is -2.55. The average molecular weight is 370 g/mol. The number of hydrogen-bond acceptors (Lipinski definition) is 4. The molecule has 0 spiro atoms. The fourth-order valence-corrected chi connectivity index (χ4v) is 4.58. The lowest BCUT2D eigenvalue weighted by atomic mass is 9.91. The number of Topliss-reactive ketones (excluding diaryl/α,β-unsaturated/α-hetero) is 1. The Hall–Kier alpha value is -1.72. The summed E-state index contributed by atoms with van der Waals surface area (Å²) in [5.41, 5.74) is 3.75. The van der Waals surface area contributed by atoms with Gasteiger partial charge in [0.25, 0.3) is 0 Å². The molecule has 0 radical (unpaired) electrons. The van der Waals surface area contributed by atoms with Crippen molar-refractivity contribution in [2.75, 3.05) is 39.3 Å². The first-order chi connectivity index (χ1) is 13.1. The van der Waals surface area contributed by atoms with Crippen LogP contribution in [0.4, 0.5) is 0 Å². The highest BCUT2D eigenvalue weighted by Gasteiger charge is 2.30. The molecular formula is C22H31N3O2. The summed E-state index contributed by atoms with van der Waals surface area (Å²) in [6.07, 6.45) is 5.53. The number of amides is 1. The zero-order chi connectivity index (χ0) is 18.8. The Balaban J connectivity index is 1.28. The van der Waals surface area contributed by atoms with E-state index >= 15 is 0 Å². The highest BCUT2D eigenvalue weighted by Crippen LogP contribution is 2.26. The molecule has 4 rings (SSSR count). The molecule has 1 aliphatic carbocycles. The molecule has 2 heterocycles. The van der Waals surface area contributed by atoms with E-state index in [1.54, 1.807) is 6.92 Å². The third-order valence-corrected chi connectivity index (χ3v) is 6.43. The van der Waals surface area contributed by atoms with Gasteiger partial charge in [-0.2, -0.15) is 0 Å². The minimum Gasteiger partial charge on any atom is -0.339 e. The van der Waals surface area contributed by atoms with Crippen molar-refractivity contribution in [3.05, 3.63) is 34.9 Å². The Morgan fingerprint density at radius 3 is 2.48 bits per heavy atom. The minimum absolute atomic E-state index is 0.204. The Morgan fingerprint density at radius 2 is 1.81 bits per heavy atom. The molecule has 146 valence electrons. The minimum atomic E-state index is 0.204. The molecule has 0 atom stereocenters. The highest BCUT2D eigenvalue weighted by atomic mass is 16.2. The molecule has 5 nitrogen and oxygen atoms in total. The van der Waals surface area contributed by atoms with Crippen LogP contribution in [0.15, 0.2) is 18.2 Å². The van der Waals surface area contributed by atoms with Gasteiger partial charge < -0.3 is 4.90 Å². The van der Waals surface area contributed by atoms with Gasteiger partial charge in [0.2, 0.25) is 5.91 Å². The summed E-state index contributed by atoms with van der Waals surface area (Å²) in [6.45, 7) is 7.77. The van der Waals surface area contributed by atoms with Gasteiger partial charge in [-0.05, 0) is 42.9 Å². The second kappa shape index (κ2) is 8.11. The van der Waals surface area contributed by atoms with E-state index in [4.69, 9.17) is 0 Å². The SMILES string of the molecule is CC(=O)Cc1ccc2c(c1)CCN(CC(=O)N1CCN(C3CCC3)CC1)C2. The predicted octanol–water partition coefficient (Wildman–Crippen LogP) is 1.87. The van der Waals surface area contributed by atoms with Crippen LogP contribution in [0.3, 0.4) is 0 Å². The highest BCUT2D eigenvalue weighted by molar-refractivity contribution is 5.79. The number of benzene rings is 1. The molecule has 0 N–H and O–H groups in total. The molecule has 0 aromatic heterocycles. The number of rotatable bonds is 5. The van der Waals surface area contributed by atoms with Gasteiger partial charge in [0.05, 0.1) is 6.54 Å². The first-order valence-corrected chi connectivity index (χ1v) is 10.4. The maximum Gasteiger partial charge on any atom is 0.236 e. The standard InChI is InChI=1S/C22H31N3O2/c1-17(26)13-18-5-6-20-15-23(8-7-19(20)14-18)16-22(27)25-11-9-24(10-12-25)21-3-2-4-21/h5-6,14,21H,2-4,7-13,15-16H2,1H3. The third-order valence-electron chi connectivity index (χ3n) is 6.43. The van der Waals surface area contributed by atoms with Crippen molar-refractivity contribution in [3.8, 4) is 0 Å². The van der Waals surface area contributed by atoms with Crippen LogP contribution in [0.2, 0.25) is 0 Å². The molecule has 2 aliphatic heterocycles. The molecule has 1 saturated carbocycles. The number of hydrogen-bond donors (Lipinski definition) is 0. The summed E-state index contributed by atoms with van der Waals surface area (Å²) < 4.78 is 0. The first kappa shape index (κ1) is 18.6. The molecule has 1 aromatic rings. The number of carbonyl (C=O) groups excluding carboxylic acids is 2. The van der Waals surface area contributed by atoms with E-state index < -0.39 is 0 Å². The van der Waals surface area contributed by atoms with Gasteiger partial charge in [-0.15, -0.1) is 0 Å². The largest absolute Gasteiger partial charge is 0.339 e. The summed E-state index contributed by atoms with van der Waals surface area (Å²) in [5.74, 6) is 0.482. The van der Waals surface area contributed by atoms with E-state index in [1.165, 1.54) is 30.4 Å². The Bertz CT molecular complexity index is 706. The number of piperazine rings is 1. The molecule has 3 aliphatic rings. The molecule has 5 heteroatoms. The molecule has 0 bridgehead atoms. The fraction of sp³-hybridized carbons (Fsp3) is 0.636. The van der Waals surface area contributed by atoms with Crippen LogP contribution in [0.5, 0.6) is 0 Å². The van der Waals surface area contributed by atoms with Gasteiger partial charge >= 0.3 is 0 Å². The Morgan fingerprint density at radius 1 is 1.04 bits per heavy atom. The van der Waals surface area contributed by atoms with E-state index in [2.05, 4.69) is 32.9 Å². The number of nitrogens with zero attached hydrogens (tertiary/aromatic N) is 3. The van der Waals surface area contributed by atoms with Crippen LogP contribution in [-0.4, -0.2) is 71.7 Å². The summed E-state index contributed by atoms with van der Waals surface area (Å²) >= 11 is 0. The van der Waals surface area contributed by atoms with E-state index in [0.717, 1.165) is 57.3 Å². The average Bonchev–Trinajstić information content (AvgIpc) is 2.60. The zero-order valence-corrected chi connectivity index (χ0v) is 16.5. The lowest BCUT2D eigenvalue weighted by molar-refractivity contribution is -0.135. The third kappa shape index (κ3) is 4.41. The lowest BCUT2D eigenvalue weighted by Gasteiger charge is -2.43. The van der Waals surface area contributed by atoms with Crippen molar-refractivity contribution in [1.82, 2.24) is 14.7 Å². The van der Waals surface area contributed by atoms with Crippen LogP contribution in [0.1, 0.15) is 42.9 Å². The van der Waals surface area contributed by atoms with Crippen molar-refractivity contribution in [2.45, 2.75) is 51.6 Å². The topological polar surface area (TPSA) is 43.9 Å². The number of ketones is 1. The molecule has 27 heavy (non-hydrogen) atoms. The summed E-state index contributed by atoms with van der Waals surface area (Å²) in [5, 5.41) is 0. The molecule has 0 unspecified atom stereocenters. The number of fused-ring (bicyclic) bond motifs is 1. The van der Waals surface area contributed by atoms with Crippen molar-refractivity contribution in [2.24, 2.45) is 0 Å². The van der Waals surface area contributed by atoms with E-state index in [9.17, 15) is 9.59 Å². The second-order valence-electron chi connectivity index (χ2n) is 8.44. The molecule has 1 amide bonds. The maximum absolute atomic E-state index is 12.7. The quantitative estimate of drug-likeness (QED) is 0.795. The van der Waals surface area contributed by atoms with Gasteiger partial charge in [0.1, 0.15) is 5.78 Å². The van der Waals surface area contributed by atoms with Crippen LogP contribution in [-0.2, 0) is 29.0 Å². The summed E-state index contributed by atoms with van der Waals surface area (Å²) in [7, 11) is 0. The second-order valence-corrected chi connectivity index (χ2v) is 8.44. The zero-order valence-electron chi connectivity index (χ0n) is 16.5. The molecular weight excluding hydrogens is 338 g/mol. The van der Waals surface area contributed by atoms with Crippen molar-refractivity contribution >= 4 is 11.7 Å². The monoisotopic (exact) mass is 369 g/mol. The van der Waals surface area contributed by atoms with Gasteiger partial charge in [0.15, 0.2) is 0 Å². The Labute approximate surface area is 162 Å². The van der Waals surface area contributed by atoms with Crippen molar-refractivity contribution in [3.63, 3.8) is 0 Å². The van der Waals surface area contributed by atoms with Crippen LogP contribution >= 0.6 is 0 Å². The van der Waals surface area contributed by atoms with Crippen LogP contribution in [0, 0.1) is 0 Å². The van der Waals surface area contributed by atoms with E-state index in [1.807, 2.05) is 0 Å². The van der Waals surface area contributed by atoms with E-state index in [0.29, 0.717) is 13.0 Å². The summed E-state index contributed by atoms with van der Waals surface area (Å²) in [4.78, 5) is 31.0. The normalized spacial score (nSPS) is 21.6. The molecule has 2 fully saturated rings. The smallest absolute Gasteiger partial charge is 0.236 e. The predicted molar refractivity (Wildman–Crippen MR) is 106 cm³/mol. The van der Waals surface area contributed by atoms with Gasteiger partial charge in [-0.25, -0.2) is 0 Å². The fourth-order valence-electron chi connectivity index (χ4n) is 4.58. The Kier molecular flexibility index (Phi) is 5.60. The van der Waals surface area contributed by atoms with Crippen molar-refractivity contribution in [1.29, 1.82) is 0 Å². The van der Waals surface area contributed by atoms with Crippen LogP contribution in [0.25, 0.3) is 0 Å². The van der Waals surface area contributed by atoms with Gasteiger partial charge in [-0.1, -0.05) is 24.6 Å². The molecule has 1 saturated heterocycles. The van der Waals surface area contributed by atoms with Crippen molar-refractivity contribution < 1.29 is 9.59 Å².